The van der Waals surface area contributed by atoms with Crippen molar-refractivity contribution in [1.82, 2.24) is 5.32 Å². The molecule has 0 aromatic carbocycles. The fourth-order valence-electron chi connectivity index (χ4n) is 2.09. The highest BCUT2D eigenvalue weighted by Crippen LogP contribution is 2.23. The Balaban J connectivity index is 1.82. The number of carbonyl (C=O) groups excluding carboxylic acids is 2. The number of hydrogen-bond donors (Lipinski definition) is 3. The van der Waals surface area contributed by atoms with Crippen molar-refractivity contribution < 1.29 is 9.59 Å². The fraction of sp³-hybridized carbons (Fsp3) is 0.500. The van der Waals surface area contributed by atoms with E-state index >= 15 is 0 Å². The third-order valence-corrected chi connectivity index (χ3v) is 3.96. The molecule has 1 aliphatic heterocycles. The Morgan fingerprint density at radius 2 is 2.39 bits per heavy atom. The van der Waals surface area contributed by atoms with E-state index in [2.05, 4.69) is 10.6 Å². The molecule has 0 spiro atoms. The number of anilines is 1. The van der Waals surface area contributed by atoms with E-state index in [9.17, 15) is 9.59 Å². The third kappa shape index (κ3) is 3.30. The Morgan fingerprint density at radius 1 is 1.56 bits per heavy atom. The van der Waals surface area contributed by atoms with Crippen molar-refractivity contribution in [3.63, 3.8) is 0 Å². The van der Waals surface area contributed by atoms with Gasteiger partial charge in [-0.1, -0.05) is 0 Å². The molecule has 98 valence electrons. The number of nitrogens with one attached hydrogen (secondary N) is 2. The van der Waals surface area contributed by atoms with Crippen molar-refractivity contribution in [3.8, 4) is 0 Å². The van der Waals surface area contributed by atoms with Gasteiger partial charge in [0, 0.05) is 6.42 Å². The summed E-state index contributed by atoms with van der Waals surface area (Å²) in [5, 5.41) is 8.33. The van der Waals surface area contributed by atoms with Gasteiger partial charge in [-0.15, -0.1) is 11.3 Å². The van der Waals surface area contributed by atoms with Crippen LogP contribution in [0.4, 0.5) is 5.00 Å². The van der Waals surface area contributed by atoms with Gasteiger partial charge in [0.1, 0.15) is 5.00 Å². The molecule has 1 saturated heterocycles. The lowest BCUT2D eigenvalue weighted by atomic mass is 10.0. The van der Waals surface area contributed by atoms with Gasteiger partial charge in [0.2, 0.25) is 5.91 Å². The smallest absolute Gasteiger partial charge is 0.251 e. The molecule has 0 bridgehead atoms. The van der Waals surface area contributed by atoms with E-state index in [0.29, 0.717) is 22.9 Å². The molecular weight excluding hydrogens is 250 g/mol. The van der Waals surface area contributed by atoms with Crippen LogP contribution in [0.2, 0.25) is 0 Å². The minimum Gasteiger partial charge on any atom is -0.366 e. The van der Waals surface area contributed by atoms with Crippen LogP contribution in [0.25, 0.3) is 0 Å². The molecule has 1 unspecified atom stereocenters. The summed E-state index contributed by atoms with van der Waals surface area (Å²) in [5.41, 5.74) is 5.60. The topological polar surface area (TPSA) is 84.2 Å². The first kappa shape index (κ1) is 13.0. The van der Waals surface area contributed by atoms with Crippen LogP contribution in [0, 0.1) is 5.92 Å². The van der Waals surface area contributed by atoms with Gasteiger partial charge in [-0.05, 0) is 43.3 Å². The SMILES string of the molecule is NC(=O)c1ccsc1NC(=O)CCC1CCNC1. The summed E-state index contributed by atoms with van der Waals surface area (Å²) in [7, 11) is 0. The maximum atomic E-state index is 11.8. The van der Waals surface area contributed by atoms with Gasteiger partial charge >= 0.3 is 0 Å². The normalized spacial score (nSPS) is 18.8. The van der Waals surface area contributed by atoms with Crippen molar-refractivity contribution in [2.24, 2.45) is 11.7 Å². The monoisotopic (exact) mass is 267 g/mol. The minimum atomic E-state index is -0.508. The highest BCUT2D eigenvalue weighted by Gasteiger charge is 2.17. The molecule has 1 aromatic rings. The molecule has 0 saturated carbocycles. The van der Waals surface area contributed by atoms with E-state index in [0.717, 1.165) is 25.9 Å². The van der Waals surface area contributed by atoms with Crippen LogP contribution in [0.5, 0.6) is 0 Å². The first-order chi connectivity index (χ1) is 8.66. The predicted octanol–water partition coefficient (Wildman–Crippen LogP) is 1.18. The van der Waals surface area contributed by atoms with E-state index in [1.165, 1.54) is 11.3 Å². The highest BCUT2D eigenvalue weighted by atomic mass is 32.1. The van der Waals surface area contributed by atoms with Gasteiger partial charge in [-0.25, -0.2) is 0 Å². The second kappa shape index (κ2) is 5.97. The van der Waals surface area contributed by atoms with Crippen molar-refractivity contribution in [3.05, 3.63) is 17.0 Å². The molecule has 1 atom stereocenters. The largest absolute Gasteiger partial charge is 0.366 e. The Morgan fingerprint density at radius 3 is 3.06 bits per heavy atom. The number of amides is 2. The predicted molar refractivity (Wildman–Crippen MR) is 71.7 cm³/mol. The number of carbonyl (C=O) groups is 2. The molecule has 1 fully saturated rings. The average molecular weight is 267 g/mol. The van der Waals surface area contributed by atoms with Crippen LogP contribution >= 0.6 is 11.3 Å². The van der Waals surface area contributed by atoms with E-state index in [-0.39, 0.29) is 5.91 Å². The molecule has 2 heterocycles. The molecule has 0 aliphatic carbocycles. The van der Waals surface area contributed by atoms with Crippen molar-refractivity contribution in [2.75, 3.05) is 18.4 Å². The van der Waals surface area contributed by atoms with Crippen LogP contribution in [0.15, 0.2) is 11.4 Å². The molecule has 5 nitrogen and oxygen atoms in total. The summed E-state index contributed by atoms with van der Waals surface area (Å²) >= 11 is 1.32. The molecule has 1 aromatic heterocycles. The van der Waals surface area contributed by atoms with Gasteiger partial charge < -0.3 is 16.4 Å². The number of primary amides is 1. The zero-order chi connectivity index (χ0) is 13.0. The third-order valence-electron chi connectivity index (χ3n) is 3.13. The quantitative estimate of drug-likeness (QED) is 0.749. The number of nitrogens with two attached hydrogens (primary N) is 1. The average Bonchev–Trinajstić information content (AvgIpc) is 2.96. The van der Waals surface area contributed by atoms with Crippen LogP contribution in [-0.4, -0.2) is 24.9 Å². The molecule has 0 radical (unpaired) electrons. The molecular formula is C12H17N3O2S. The van der Waals surface area contributed by atoms with E-state index < -0.39 is 5.91 Å². The first-order valence-corrected chi connectivity index (χ1v) is 6.92. The summed E-state index contributed by atoms with van der Waals surface area (Å²) in [5.74, 6) is 0.0353. The minimum absolute atomic E-state index is 0.0492. The Bertz CT molecular complexity index is 438. The molecule has 1 aliphatic rings. The summed E-state index contributed by atoms with van der Waals surface area (Å²) in [6, 6.07) is 1.63. The molecule has 2 rings (SSSR count). The van der Waals surface area contributed by atoms with E-state index in [4.69, 9.17) is 5.73 Å². The van der Waals surface area contributed by atoms with Crippen LogP contribution in [0.1, 0.15) is 29.6 Å². The van der Waals surface area contributed by atoms with Gasteiger partial charge in [-0.3, -0.25) is 9.59 Å². The summed E-state index contributed by atoms with van der Waals surface area (Å²) < 4.78 is 0. The zero-order valence-corrected chi connectivity index (χ0v) is 10.9. The Kier molecular flexibility index (Phi) is 4.33. The number of thiophene rings is 1. The van der Waals surface area contributed by atoms with Crippen LogP contribution in [-0.2, 0) is 4.79 Å². The standard InChI is InChI=1S/C12H17N3O2S/c13-11(17)9-4-6-18-12(9)15-10(16)2-1-8-3-5-14-7-8/h4,6,8,14H,1-3,5,7H2,(H2,13,17)(H,15,16). The van der Waals surface area contributed by atoms with E-state index in [1.54, 1.807) is 11.4 Å². The molecule has 18 heavy (non-hydrogen) atoms. The van der Waals surface area contributed by atoms with E-state index in [1.807, 2.05) is 0 Å². The van der Waals surface area contributed by atoms with Gasteiger partial charge in [-0.2, -0.15) is 0 Å². The van der Waals surface area contributed by atoms with Crippen molar-refractivity contribution in [2.45, 2.75) is 19.3 Å². The summed E-state index contributed by atoms with van der Waals surface area (Å²) in [4.78, 5) is 22.9. The van der Waals surface area contributed by atoms with Crippen molar-refractivity contribution >= 4 is 28.2 Å². The fourth-order valence-corrected chi connectivity index (χ4v) is 2.89. The van der Waals surface area contributed by atoms with Gasteiger partial charge in [0.25, 0.3) is 5.91 Å². The lowest BCUT2D eigenvalue weighted by molar-refractivity contribution is -0.116. The molecule has 2 amide bonds. The Hall–Kier alpha value is -1.40. The summed E-state index contributed by atoms with van der Waals surface area (Å²) in [6.45, 7) is 2.04. The second-order valence-corrected chi connectivity index (χ2v) is 5.39. The second-order valence-electron chi connectivity index (χ2n) is 4.47. The van der Waals surface area contributed by atoms with Gasteiger partial charge in [0.15, 0.2) is 0 Å². The number of hydrogen-bond acceptors (Lipinski definition) is 4. The summed E-state index contributed by atoms with van der Waals surface area (Å²) in [6.07, 6.45) is 2.51. The Labute approximate surface area is 110 Å². The zero-order valence-electron chi connectivity index (χ0n) is 10.1. The maximum Gasteiger partial charge on any atom is 0.251 e. The maximum absolute atomic E-state index is 11.8. The van der Waals surface area contributed by atoms with Crippen LogP contribution < -0.4 is 16.4 Å². The van der Waals surface area contributed by atoms with Crippen molar-refractivity contribution in [1.29, 1.82) is 0 Å². The van der Waals surface area contributed by atoms with Gasteiger partial charge in [0.05, 0.1) is 5.56 Å². The lowest BCUT2D eigenvalue weighted by Crippen LogP contribution is -2.17. The highest BCUT2D eigenvalue weighted by molar-refractivity contribution is 7.14. The van der Waals surface area contributed by atoms with Crippen LogP contribution in [0.3, 0.4) is 0 Å². The molecule has 4 N–H and O–H groups in total. The number of rotatable bonds is 5. The first-order valence-electron chi connectivity index (χ1n) is 6.04. The lowest BCUT2D eigenvalue weighted by Gasteiger charge is -2.08. The molecule has 6 heteroatoms.